The Kier molecular flexibility index (Phi) is 5.07. The average Bonchev–Trinajstić information content (AvgIpc) is 2.84. The van der Waals surface area contributed by atoms with Gasteiger partial charge in [-0.1, -0.05) is 6.07 Å². The number of carbonyl (C=O) groups excluding carboxylic acids is 1. The van der Waals surface area contributed by atoms with Crippen molar-refractivity contribution in [1.29, 1.82) is 0 Å². The van der Waals surface area contributed by atoms with Gasteiger partial charge in [-0.25, -0.2) is 8.51 Å². The summed E-state index contributed by atoms with van der Waals surface area (Å²) >= 11 is 0. The standard InChI is InChI=1S/C17H26N2O2S/c1-12-9-13(2)11-14(10-12)18-16(20)15-7-6-8-19(15)22(21)17(3,4)5/h9-11,15H,6-8H2,1-5H3,(H,18,20)/t15-,22?/m0/s1. The molecule has 1 unspecified atom stereocenters. The normalized spacial score (nSPS) is 20.9. The summed E-state index contributed by atoms with van der Waals surface area (Å²) in [5.74, 6) is -0.0555. The molecule has 1 heterocycles. The highest BCUT2D eigenvalue weighted by molar-refractivity contribution is 7.84. The number of hydrogen-bond acceptors (Lipinski definition) is 2. The lowest BCUT2D eigenvalue weighted by molar-refractivity contribution is -0.119. The Morgan fingerprint density at radius 1 is 1.23 bits per heavy atom. The fraction of sp³-hybridized carbons (Fsp3) is 0.588. The van der Waals surface area contributed by atoms with Crippen LogP contribution < -0.4 is 5.32 Å². The Labute approximate surface area is 135 Å². The Morgan fingerprint density at radius 2 is 1.82 bits per heavy atom. The Bertz CT molecular complexity index is 573. The van der Waals surface area contributed by atoms with Gasteiger partial charge in [-0.2, -0.15) is 0 Å². The van der Waals surface area contributed by atoms with Crippen molar-refractivity contribution < 1.29 is 9.00 Å². The van der Waals surface area contributed by atoms with E-state index in [2.05, 4.69) is 11.4 Å². The molecule has 0 spiro atoms. The molecule has 0 saturated carbocycles. The van der Waals surface area contributed by atoms with E-state index < -0.39 is 11.0 Å². The lowest BCUT2D eigenvalue weighted by atomic mass is 10.1. The third-order valence-electron chi connectivity index (χ3n) is 3.73. The number of amides is 1. The highest BCUT2D eigenvalue weighted by Crippen LogP contribution is 2.26. The number of nitrogens with zero attached hydrogens (tertiary/aromatic N) is 1. The van der Waals surface area contributed by atoms with Crippen molar-refractivity contribution in [3.63, 3.8) is 0 Å². The summed E-state index contributed by atoms with van der Waals surface area (Å²) in [6, 6.07) is 5.70. The lowest BCUT2D eigenvalue weighted by Crippen LogP contribution is -2.45. The number of aryl methyl sites for hydroxylation is 2. The maximum absolute atomic E-state index is 12.6. The maximum Gasteiger partial charge on any atom is 0.242 e. The Balaban J connectivity index is 2.13. The smallest absolute Gasteiger partial charge is 0.242 e. The molecule has 1 aliphatic rings. The predicted molar refractivity (Wildman–Crippen MR) is 92.2 cm³/mol. The van der Waals surface area contributed by atoms with Crippen LogP contribution in [0.4, 0.5) is 5.69 Å². The van der Waals surface area contributed by atoms with Crippen LogP contribution in [-0.2, 0) is 15.8 Å². The van der Waals surface area contributed by atoms with Crippen LogP contribution in [0.1, 0.15) is 44.7 Å². The fourth-order valence-electron chi connectivity index (χ4n) is 2.82. The molecule has 1 fully saturated rings. The summed E-state index contributed by atoms with van der Waals surface area (Å²) in [6.45, 7) is 10.6. The van der Waals surface area contributed by atoms with E-state index in [-0.39, 0.29) is 16.7 Å². The van der Waals surface area contributed by atoms with Gasteiger partial charge in [0.05, 0.1) is 4.75 Å². The van der Waals surface area contributed by atoms with Crippen LogP contribution in [0.2, 0.25) is 0 Å². The van der Waals surface area contributed by atoms with Crippen molar-refractivity contribution in [3.05, 3.63) is 29.3 Å². The topological polar surface area (TPSA) is 49.4 Å². The van der Waals surface area contributed by atoms with Crippen molar-refractivity contribution in [2.24, 2.45) is 0 Å². The molecule has 2 atom stereocenters. The van der Waals surface area contributed by atoms with Gasteiger partial charge < -0.3 is 5.32 Å². The first-order valence-corrected chi connectivity index (χ1v) is 8.87. The average molecular weight is 322 g/mol. The van der Waals surface area contributed by atoms with Crippen LogP contribution in [0.15, 0.2) is 18.2 Å². The van der Waals surface area contributed by atoms with Crippen LogP contribution in [0, 0.1) is 13.8 Å². The minimum Gasteiger partial charge on any atom is -0.325 e. The molecule has 1 aromatic carbocycles. The first-order chi connectivity index (χ1) is 10.2. The molecular formula is C17H26N2O2S. The molecule has 5 heteroatoms. The zero-order chi connectivity index (χ0) is 16.5. The minimum atomic E-state index is -1.16. The number of rotatable bonds is 3. The maximum atomic E-state index is 12.6. The molecule has 1 amide bonds. The van der Waals surface area contributed by atoms with E-state index in [1.54, 1.807) is 0 Å². The summed E-state index contributed by atoms with van der Waals surface area (Å²) in [5, 5.41) is 2.99. The second-order valence-electron chi connectivity index (χ2n) is 7.03. The molecule has 0 aliphatic carbocycles. The fourth-order valence-corrected chi connectivity index (χ4v) is 4.26. The summed E-state index contributed by atoms with van der Waals surface area (Å²) in [7, 11) is -1.16. The van der Waals surface area contributed by atoms with Gasteiger partial charge in [0.1, 0.15) is 17.0 Å². The molecule has 1 aliphatic heterocycles. The zero-order valence-corrected chi connectivity index (χ0v) is 14.9. The number of benzene rings is 1. The van der Waals surface area contributed by atoms with E-state index in [9.17, 15) is 9.00 Å². The largest absolute Gasteiger partial charge is 0.325 e. The van der Waals surface area contributed by atoms with Gasteiger partial charge in [0, 0.05) is 12.2 Å². The van der Waals surface area contributed by atoms with E-state index in [0.29, 0.717) is 0 Å². The second-order valence-corrected chi connectivity index (χ2v) is 9.22. The second kappa shape index (κ2) is 6.50. The molecular weight excluding hydrogens is 296 g/mol. The molecule has 0 aromatic heterocycles. The first kappa shape index (κ1) is 17.2. The van der Waals surface area contributed by atoms with Gasteiger partial charge in [0.15, 0.2) is 0 Å². The van der Waals surface area contributed by atoms with Gasteiger partial charge in [-0.05, 0) is 70.7 Å². The third-order valence-corrected chi connectivity index (χ3v) is 5.64. The van der Waals surface area contributed by atoms with Crippen molar-refractivity contribution in [1.82, 2.24) is 4.31 Å². The van der Waals surface area contributed by atoms with Crippen molar-refractivity contribution in [2.75, 3.05) is 11.9 Å². The van der Waals surface area contributed by atoms with E-state index >= 15 is 0 Å². The van der Waals surface area contributed by atoms with Gasteiger partial charge >= 0.3 is 0 Å². The molecule has 122 valence electrons. The summed E-state index contributed by atoms with van der Waals surface area (Å²) in [4.78, 5) is 12.6. The molecule has 1 N–H and O–H groups in total. The Hall–Kier alpha value is -1.20. The van der Waals surface area contributed by atoms with Gasteiger partial charge in [-0.15, -0.1) is 0 Å². The summed E-state index contributed by atoms with van der Waals surface area (Å²) < 4.78 is 14.1. The van der Waals surface area contributed by atoms with Crippen LogP contribution >= 0.6 is 0 Å². The first-order valence-electron chi connectivity index (χ1n) is 7.76. The van der Waals surface area contributed by atoms with Crippen molar-refractivity contribution in [2.45, 2.75) is 58.2 Å². The molecule has 4 nitrogen and oxygen atoms in total. The zero-order valence-electron chi connectivity index (χ0n) is 14.1. The SMILES string of the molecule is Cc1cc(C)cc(NC(=O)[C@@H]2CCCN2S(=O)C(C)(C)C)c1. The molecule has 1 aromatic rings. The summed E-state index contributed by atoms with van der Waals surface area (Å²) in [5.41, 5.74) is 3.06. The number of nitrogens with one attached hydrogen (secondary N) is 1. The van der Waals surface area contributed by atoms with E-state index in [4.69, 9.17) is 0 Å². The molecule has 0 radical (unpaired) electrons. The van der Waals surface area contributed by atoms with Crippen LogP contribution in [0.5, 0.6) is 0 Å². The van der Waals surface area contributed by atoms with Gasteiger partial charge in [0.25, 0.3) is 0 Å². The highest BCUT2D eigenvalue weighted by atomic mass is 32.2. The van der Waals surface area contributed by atoms with E-state index in [1.165, 1.54) is 0 Å². The monoisotopic (exact) mass is 322 g/mol. The quantitative estimate of drug-likeness (QED) is 0.929. The van der Waals surface area contributed by atoms with Crippen molar-refractivity contribution >= 4 is 22.6 Å². The van der Waals surface area contributed by atoms with Crippen LogP contribution in [-0.4, -0.2) is 31.8 Å². The van der Waals surface area contributed by atoms with Crippen LogP contribution in [0.3, 0.4) is 0 Å². The van der Waals surface area contributed by atoms with E-state index in [0.717, 1.165) is 36.2 Å². The lowest BCUT2D eigenvalue weighted by Gasteiger charge is -2.29. The molecule has 1 saturated heterocycles. The Morgan fingerprint density at radius 3 is 2.36 bits per heavy atom. The third kappa shape index (κ3) is 3.96. The summed E-state index contributed by atoms with van der Waals surface area (Å²) in [6.07, 6.45) is 1.67. The number of hydrogen-bond donors (Lipinski definition) is 1. The highest BCUT2D eigenvalue weighted by Gasteiger charge is 2.38. The predicted octanol–water partition coefficient (Wildman–Crippen LogP) is 3.17. The minimum absolute atomic E-state index is 0.0555. The van der Waals surface area contributed by atoms with Gasteiger partial charge in [0.2, 0.25) is 5.91 Å². The molecule has 2 rings (SSSR count). The molecule has 0 bridgehead atoms. The van der Waals surface area contributed by atoms with E-state index in [1.807, 2.05) is 51.1 Å². The van der Waals surface area contributed by atoms with Crippen LogP contribution in [0.25, 0.3) is 0 Å². The number of anilines is 1. The van der Waals surface area contributed by atoms with Gasteiger partial charge in [-0.3, -0.25) is 4.79 Å². The van der Waals surface area contributed by atoms with Crippen molar-refractivity contribution in [3.8, 4) is 0 Å². The number of carbonyl (C=O) groups is 1. The molecule has 22 heavy (non-hydrogen) atoms.